The Labute approximate surface area is 224 Å². The molecule has 1 aliphatic rings. The van der Waals surface area contributed by atoms with Gasteiger partial charge in [-0.1, -0.05) is 55.8 Å². The molecule has 0 saturated carbocycles. The Morgan fingerprint density at radius 2 is 2.00 bits per heavy atom. The number of carbonyl (C=O) groups is 1. The van der Waals surface area contributed by atoms with Crippen molar-refractivity contribution in [3.8, 4) is 0 Å². The van der Waals surface area contributed by atoms with E-state index in [-0.39, 0.29) is 35.4 Å². The molecule has 1 aliphatic heterocycles. The maximum Gasteiger partial charge on any atom is 0.254 e. The van der Waals surface area contributed by atoms with E-state index >= 15 is 0 Å². The molecular formula is C28H34ClN3O4S. The van der Waals surface area contributed by atoms with Crippen LogP contribution in [0.1, 0.15) is 53.9 Å². The summed E-state index contributed by atoms with van der Waals surface area (Å²) in [5.74, 6) is -0.134. The van der Waals surface area contributed by atoms with Crippen LogP contribution in [-0.2, 0) is 33.4 Å². The van der Waals surface area contributed by atoms with E-state index in [0.29, 0.717) is 36.0 Å². The van der Waals surface area contributed by atoms with Crippen molar-refractivity contribution in [1.82, 2.24) is 14.5 Å². The van der Waals surface area contributed by atoms with Crippen LogP contribution in [0.2, 0.25) is 5.02 Å². The zero-order valence-electron chi connectivity index (χ0n) is 21.6. The number of halogens is 1. The Hall–Kier alpha value is -2.68. The van der Waals surface area contributed by atoms with Crippen LogP contribution in [0.3, 0.4) is 0 Å². The molecule has 2 aromatic carbocycles. The van der Waals surface area contributed by atoms with Gasteiger partial charge in [0.2, 0.25) is 15.0 Å². The van der Waals surface area contributed by atoms with Crippen molar-refractivity contribution in [2.75, 3.05) is 13.2 Å². The number of hydrogen-bond acceptors (Lipinski definition) is 5. The van der Waals surface area contributed by atoms with Crippen molar-refractivity contribution in [3.05, 3.63) is 82.1 Å². The monoisotopic (exact) mass is 543 g/mol. The van der Waals surface area contributed by atoms with Crippen LogP contribution in [-0.4, -0.2) is 48.0 Å². The zero-order chi connectivity index (χ0) is 26.6. The van der Waals surface area contributed by atoms with Gasteiger partial charge in [0.25, 0.3) is 5.91 Å². The fourth-order valence-electron chi connectivity index (χ4n) is 4.62. The molecule has 2 heterocycles. The lowest BCUT2D eigenvalue weighted by Gasteiger charge is -2.26. The standard InChI is InChI=1S/C28H34ClN3O4S/c1-20(2)16-32-25(15-30-28(32)37(34,35)19-23-9-5-4-8-21(23)3)17-31(18-26-12-7-13-36-26)27(33)22-10-6-11-24(29)14-22/h4-6,8-11,14-15,20,26H,7,12-13,16-19H2,1-3H3/t26-/m0/s1. The summed E-state index contributed by atoms with van der Waals surface area (Å²) in [6.07, 6.45) is 3.35. The zero-order valence-corrected chi connectivity index (χ0v) is 23.1. The molecule has 0 unspecified atom stereocenters. The van der Waals surface area contributed by atoms with E-state index < -0.39 is 9.84 Å². The first kappa shape index (κ1) is 27.4. The van der Waals surface area contributed by atoms with Crippen LogP contribution >= 0.6 is 11.6 Å². The number of imidazole rings is 1. The summed E-state index contributed by atoms with van der Waals surface area (Å²) in [5, 5.41) is 0.518. The molecule has 0 aliphatic carbocycles. The SMILES string of the molecule is Cc1ccccc1CS(=O)(=O)c1ncc(CN(C[C@@H]2CCCO2)C(=O)c2cccc(Cl)c2)n1CC(C)C. The maximum atomic E-state index is 13.6. The van der Waals surface area contributed by atoms with E-state index in [1.54, 1.807) is 39.9 Å². The molecule has 3 aromatic rings. The van der Waals surface area contributed by atoms with E-state index in [0.717, 1.165) is 24.0 Å². The minimum Gasteiger partial charge on any atom is -0.376 e. The summed E-state index contributed by atoms with van der Waals surface area (Å²) in [7, 11) is -3.72. The first-order valence-electron chi connectivity index (χ1n) is 12.6. The van der Waals surface area contributed by atoms with Gasteiger partial charge in [0, 0.05) is 30.3 Å². The van der Waals surface area contributed by atoms with Crippen LogP contribution in [0, 0.1) is 12.8 Å². The second-order valence-electron chi connectivity index (χ2n) is 10.1. The molecule has 9 heteroatoms. The number of sulfone groups is 1. The van der Waals surface area contributed by atoms with E-state index in [1.807, 2.05) is 45.0 Å². The number of aromatic nitrogens is 2. The smallest absolute Gasteiger partial charge is 0.254 e. The molecule has 1 amide bonds. The molecule has 37 heavy (non-hydrogen) atoms. The minimum absolute atomic E-state index is 0.0340. The number of carbonyl (C=O) groups excluding carboxylic acids is 1. The predicted molar refractivity (Wildman–Crippen MR) is 144 cm³/mol. The highest BCUT2D eigenvalue weighted by Gasteiger charge is 2.28. The molecule has 0 radical (unpaired) electrons. The molecule has 4 rings (SSSR count). The second kappa shape index (κ2) is 11.8. The fourth-order valence-corrected chi connectivity index (χ4v) is 6.41. The number of amides is 1. The van der Waals surface area contributed by atoms with E-state index in [9.17, 15) is 13.2 Å². The summed E-state index contributed by atoms with van der Waals surface area (Å²) in [6, 6.07) is 14.3. The lowest BCUT2D eigenvalue weighted by molar-refractivity contribution is 0.0501. The van der Waals surface area contributed by atoms with E-state index in [2.05, 4.69) is 4.98 Å². The highest BCUT2D eigenvalue weighted by Crippen LogP contribution is 2.24. The summed E-state index contributed by atoms with van der Waals surface area (Å²) >= 11 is 6.16. The predicted octanol–water partition coefficient (Wildman–Crippen LogP) is 5.30. The number of aryl methyl sites for hydroxylation is 1. The molecular weight excluding hydrogens is 510 g/mol. The molecule has 1 saturated heterocycles. The first-order valence-corrected chi connectivity index (χ1v) is 14.6. The van der Waals surface area contributed by atoms with Crippen molar-refractivity contribution in [1.29, 1.82) is 0 Å². The van der Waals surface area contributed by atoms with Gasteiger partial charge in [-0.25, -0.2) is 13.4 Å². The third kappa shape index (κ3) is 6.80. The molecule has 1 atom stereocenters. The minimum atomic E-state index is -3.72. The molecule has 0 spiro atoms. The van der Waals surface area contributed by atoms with Crippen LogP contribution in [0.25, 0.3) is 0 Å². The van der Waals surface area contributed by atoms with Crippen molar-refractivity contribution >= 4 is 27.3 Å². The Morgan fingerprint density at radius 3 is 2.68 bits per heavy atom. The van der Waals surface area contributed by atoms with Crippen LogP contribution in [0.5, 0.6) is 0 Å². The Morgan fingerprint density at radius 1 is 1.22 bits per heavy atom. The van der Waals surface area contributed by atoms with Crippen molar-refractivity contribution in [2.24, 2.45) is 5.92 Å². The summed E-state index contributed by atoms with van der Waals surface area (Å²) in [4.78, 5) is 19.7. The molecule has 7 nitrogen and oxygen atoms in total. The topological polar surface area (TPSA) is 81.5 Å². The number of ether oxygens (including phenoxy) is 1. The van der Waals surface area contributed by atoms with Gasteiger partial charge < -0.3 is 14.2 Å². The lowest BCUT2D eigenvalue weighted by Crippen LogP contribution is -2.37. The summed E-state index contributed by atoms with van der Waals surface area (Å²) in [5.41, 5.74) is 2.82. The van der Waals surface area contributed by atoms with Gasteiger partial charge in [0.15, 0.2) is 0 Å². The van der Waals surface area contributed by atoms with Gasteiger partial charge in [-0.3, -0.25) is 4.79 Å². The Balaban J connectivity index is 1.68. The maximum absolute atomic E-state index is 13.6. The van der Waals surface area contributed by atoms with Gasteiger partial charge in [-0.05, 0) is 55.0 Å². The van der Waals surface area contributed by atoms with Crippen molar-refractivity contribution in [3.63, 3.8) is 0 Å². The van der Waals surface area contributed by atoms with Gasteiger partial charge in [-0.2, -0.15) is 0 Å². The largest absolute Gasteiger partial charge is 0.376 e. The first-order chi connectivity index (χ1) is 17.6. The van der Waals surface area contributed by atoms with Gasteiger partial charge in [0.05, 0.1) is 30.3 Å². The molecule has 0 N–H and O–H groups in total. The lowest BCUT2D eigenvalue weighted by atomic mass is 10.1. The third-order valence-corrected chi connectivity index (χ3v) is 8.30. The molecule has 198 valence electrons. The van der Waals surface area contributed by atoms with Gasteiger partial charge in [-0.15, -0.1) is 0 Å². The van der Waals surface area contributed by atoms with Crippen molar-refractivity contribution in [2.45, 2.75) is 63.7 Å². The normalized spacial score (nSPS) is 15.9. The van der Waals surface area contributed by atoms with E-state index in [1.165, 1.54) is 0 Å². The highest BCUT2D eigenvalue weighted by atomic mass is 35.5. The average Bonchev–Trinajstić information content (AvgIpc) is 3.50. The average molecular weight is 544 g/mol. The summed E-state index contributed by atoms with van der Waals surface area (Å²) < 4.78 is 34.6. The number of nitrogens with zero attached hydrogens (tertiary/aromatic N) is 3. The van der Waals surface area contributed by atoms with Crippen molar-refractivity contribution < 1.29 is 17.9 Å². The van der Waals surface area contributed by atoms with Crippen LogP contribution in [0.4, 0.5) is 0 Å². The molecule has 0 bridgehead atoms. The molecule has 1 fully saturated rings. The third-order valence-electron chi connectivity index (χ3n) is 6.49. The Kier molecular flexibility index (Phi) is 8.72. The number of rotatable bonds is 10. The fraction of sp³-hybridized carbons (Fsp3) is 0.429. The van der Waals surface area contributed by atoms with Crippen LogP contribution in [0.15, 0.2) is 59.9 Å². The Bertz CT molecular complexity index is 1350. The van der Waals surface area contributed by atoms with Gasteiger partial charge in [0.1, 0.15) is 0 Å². The molecule has 1 aromatic heterocycles. The quantitative estimate of drug-likeness (QED) is 0.347. The second-order valence-corrected chi connectivity index (χ2v) is 12.4. The number of benzene rings is 2. The highest BCUT2D eigenvalue weighted by molar-refractivity contribution is 7.90. The van der Waals surface area contributed by atoms with Gasteiger partial charge >= 0.3 is 0 Å². The van der Waals surface area contributed by atoms with Crippen LogP contribution < -0.4 is 0 Å². The number of hydrogen-bond donors (Lipinski definition) is 0. The van der Waals surface area contributed by atoms with E-state index in [4.69, 9.17) is 16.3 Å². The summed E-state index contributed by atoms with van der Waals surface area (Å²) in [6.45, 7) is 7.73.